The van der Waals surface area contributed by atoms with Crippen molar-refractivity contribution in [1.82, 2.24) is 24.8 Å². The van der Waals surface area contributed by atoms with Gasteiger partial charge in [0.15, 0.2) is 11.3 Å². The maximum atomic E-state index is 12.9. The van der Waals surface area contributed by atoms with Crippen LogP contribution < -0.4 is 5.32 Å². The van der Waals surface area contributed by atoms with Gasteiger partial charge in [0.25, 0.3) is 5.91 Å². The summed E-state index contributed by atoms with van der Waals surface area (Å²) in [6, 6.07) is 0. The predicted molar refractivity (Wildman–Crippen MR) is 95.0 cm³/mol. The number of hydrogen-bond donors (Lipinski definition) is 1. The molecule has 2 aromatic heterocycles. The van der Waals surface area contributed by atoms with E-state index < -0.39 is 0 Å². The van der Waals surface area contributed by atoms with Crippen LogP contribution in [0, 0.1) is 12.3 Å². The van der Waals surface area contributed by atoms with Crippen molar-refractivity contribution >= 4 is 35.6 Å². The average molecular weight is 370 g/mol. The smallest absolute Gasteiger partial charge is 0.276 e. The molecule has 0 saturated carbocycles. The molecule has 4 rings (SSSR count). The Balaban J connectivity index is 0.00000169. The third kappa shape index (κ3) is 2.87. The summed E-state index contributed by atoms with van der Waals surface area (Å²) >= 11 is 6.35. The van der Waals surface area contributed by atoms with Gasteiger partial charge in [-0.05, 0) is 38.3 Å². The van der Waals surface area contributed by atoms with Gasteiger partial charge in [-0.1, -0.05) is 11.6 Å². The fourth-order valence-corrected chi connectivity index (χ4v) is 4.03. The second kappa shape index (κ2) is 6.50. The average Bonchev–Trinajstić information content (AvgIpc) is 3.09. The zero-order valence-electron chi connectivity index (χ0n) is 13.6. The van der Waals surface area contributed by atoms with E-state index in [4.69, 9.17) is 11.6 Å². The molecule has 2 aromatic rings. The minimum absolute atomic E-state index is 0. The van der Waals surface area contributed by atoms with Gasteiger partial charge in [0.1, 0.15) is 5.02 Å². The van der Waals surface area contributed by atoms with Crippen molar-refractivity contribution in [3.8, 4) is 0 Å². The Morgan fingerprint density at radius 2 is 2.25 bits per heavy atom. The number of likely N-dealkylation sites (tertiary alicyclic amines) is 1. The van der Waals surface area contributed by atoms with Crippen LogP contribution in [0.2, 0.25) is 5.02 Å². The molecule has 0 radical (unpaired) electrons. The van der Waals surface area contributed by atoms with E-state index in [0.29, 0.717) is 16.4 Å². The lowest BCUT2D eigenvalue weighted by atomic mass is 9.80. The number of rotatable bonds is 1. The Labute approximate surface area is 152 Å². The van der Waals surface area contributed by atoms with Gasteiger partial charge in [-0.25, -0.2) is 9.50 Å². The van der Waals surface area contributed by atoms with E-state index in [1.807, 2.05) is 18.0 Å². The highest BCUT2D eigenvalue weighted by Crippen LogP contribution is 2.37. The highest BCUT2D eigenvalue weighted by Gasteiger charge is 2.41. The van der Waals surface area contributed by atoms with E-state index in [2.05, 4.69) is 15.4 Å². The number of piperidine rings is 1. The fourth-order valence-electron chi connectivity index (χ4n) is 3.77. The molecule has 0 aromatic carbocycles. The van der Waals surface area contributed by atoms with Crippen molar-refractivity contribution < 1.29 is 4.79 Å². The lowest BCUT2D eigenvalue weighted by Gasteiger charge is -2.33. The molecule has 1 atom stereocenters. The van der Waals surface area contributed by atoms with Crippen molar-refractivity contribution in [2.45, 2.75) is 26.2 Å². The van der Waals surface area contributed by atoms with E-state index in [1.54, 1.807) is 10.7 Å². The minimum Gasteiger partial charge on any atom is -0.337 e. The highest BCUT2D eigenvalue weighted by atomic mass is 35.5. The molecular weight excluding hydrogens is 349 g/mol. The number of hydrogen-bond acceptors (Lipinski definition) is 4. The van der Waals surface area contributed by atoms with Crippen LogP contribution in [0.4, 0.5) is 0 Å². The Kier molecular flexibility index (Phi) is 4.73. The number of fused-ring (bicyclic) bond motifs is 1. The number of nitrogens with zero attached hydrogens (tertiary/aromatic N) is 4. The van der Waals surface area contributed by atoms with Gasteiger partial charge in [0.05, 0.1) is 0 Å². The van der Waals surface area contributed by atoms with E-state index in [-0.39, 0.29) is 23.7 Å². The van der Waals surface area contributed by atoms with Crippen LogP contribution in [-0.4, -0.2) is 51.6 Å². The number of halogens is 2. The third-order valence-electron chi connectivity index (χ3n) is 5.03. The summed E-state index contributed by atoms with van der Waals surface area (Å²) < 4.78 is 1.60. The summed E-state index contributed by atoms with van der Waals surface area (Å²) in [7, 11) is 0. The van der Waals surface area contributed by atoms with Crippen molar-refractivity contribution in [1.29, 1.82) is 0 Å². The molecule has 1 spiro atoms. The monoisotopic (exact) mass is 369 g/mol. The zero-order chi connectivity index (χ0) is 16.0. The Morgan fingerprint density at radius 1 is 1.42 bits per heavy atom. The summed E-state index contributed by atoms with van der Waals surface area (Å²) in [6.45, 7) is 5.58. The van der Waals surface area contributed by atoms with Crippen molar-refractivity contribution in [3.63, 3.8) is 0 Å². The van der Waals surface area contributed by atoms with Gasteiger partial charge in [-0.3, -0.25) is 4.79 Å². The molecule has 2 fully saturated rings. The maximum Gasteiger partial charge on any atom is 0.276 e. The molecule has 0 aliphatic carbocycles. The minimum atomic E-state index is -0.0828. The lowest BCUT2D eigenvalue weighted by molar-refractivity contribution is 0.0758. The Bertz CT molecular complexity index is 769. The molecule has 4 heterocycles. The summed E-state index contributed by atoms with van der Waals surface area (Å²) in [5, 5.41) is 8.17. The van der Waals surface area contributed by atoms with Crippen LogP contribution in [0.1, 0.15) is 35.3 Å². The number of carbonyl (C=O) groups is 1. The van der Waals surface area contributed by atoms with Crippen molar-refractivity contribution in [3.05, 3.63) is 28.7 Å². The first-order chi connectivity index (χ1) is 11.1. The summed E-state index contributed by atoms with van der Waals surface area (Å²) in [6.07, 6.45) is 6.98. The van der Waals surface area contributed by atoms with Crippen molar-refractivity contribution in [2.75, 3.05) is 26.2 Å². The molecule has 2 saturated heterocycles. The summed E-state index contributed by atoms with van der Waals surface area (Å²) in [5.41, 5.74) is 2.05. The summed E-state index contributed by atoms with van der Waals surface area (Å²) in [4.78, 5) is 19.0. The standard InChI is InChI=1S/C16H20ClN5O.ClH/c1-11-7-19-14-12(17)13(20-22(14)8-11)15(23)21-6-4-16(10-21)3-2-5-18-9-16;/h7-8,18H,2-6,9-10H2,1H3;1H. The maximum absolute atomic E-state index is 12.9. The second-order valence-electron chi connectivity index (χ2n) is 6.82. The molecule has 0 bridgehead atoms. The molecule has 1 N–H and O–H groups in total. The topological polar surface area (TPSA) is 62.5 Å². The van der Waals surface area contributed by atoms with E-state index in [9.17, 15) is 4.79 Å². The molecule has 130 valence electrons. The first kappa shape index (κ1) is 17.5. The number of aromatic nitrogens is 3. The molecule has 2 aliphatic heterocycles. The Morgan fingerprint density at radius 3 is 3.00 bits per heavy atom. The summed E-state index contributed by atoms with van der Waals surface area (Å²) in [5.74, 6) is -0.0828. The molecule has 2 aliphatic rings. The van der Waals surface area contributed by atoms with Gasteiger partial charge >= 0.3 is 0 Å². The van der Waals surface area contributed by atoms with Crippen LogP contribution in [0.15, 0.2) is 12.4 Å². The molecule has 1 unspecified atom stereocenters. The quantitative estimate of drug-likeness (QED) is 0.837. The predicted octanol–water partition coefficient (Wildman–Crippen LogP) is 2.33. The van der Waals surface area contributed by atoms with Crippen LogP contribution in [0.25, 0.3) is 5.65 Å². The van der Waals surface area contributed by atoms with Crippen LogP contribution >= 0.6 is 24.0 Å². The SMILES string of the molecule is Cc1cnc2c(Cl)c(C(=O)N3CCC4(CCCNC4)C3)nn2c1.Cl. The zero-order valence-corrected chi connectivity index (χ0v) is 15.2. The molecule has 1 amide bonds. The third-order valence-corrected chi connectivity index (χ3v) is 5.38. The molecule has 6 nitrogen and oxygen atoms in total. The van der Waals surface area contributed by atoms with Crippen LogP contribution in [0.3, 0.4) is 0 Å². The largest absolute Gasteiger partial charge is 0.337 e. The van der Waals surface area contributed by atoms with Crippen LogP contribution in [0.5, 0.6) is 0 Å². The van der Waals surface area contributed by atoms with Gasteiger partial charge in [-0.2, -0.15) is 5.10 Å². The van der Waals surface area contributed by atoms with E-state index in [1.165, 1.54) is 12.8 Å². The first-order valence-corrected chi connectivity index (χ1v) is 8.46. The van der Waals surface area contributed by atoms with E-state index in [0.717, 1.165) is 38.2 Å². The number of nitrogens with one attached hydrogen (secondary N) is 1. The van der Waals surface area contributed by atoms with Gasteiger partial charge < -0.3 is 10.2 Å². The van der Waals surface area contributed by atoms with E-state index >= 15 is 0 Å². The number of carbonyl (C=O) groups excluding carboxylic acids is 1. The highest BCUT2D eigenvalue weighted by molar-refractivity contribution is 6.36. The molecule has 24 heavy (non-hydrogen) atoms. The number of aryl methyl sites for hydroxylation is 1. The second-order valence-corrected chi connectivity index (χ2v) is 7.20. The lowest BCUT2D eigenvalue weighted by Crippen LogP contribution is -2.42. The normalized spacial score (nSPS) is 23.7. The first-order valence-electron chi connectivity index (χ1n) is 8.09. The molecular formula is C16H21Cl2N5O. The van der Waals surface area contributed by atoms with Crippen molar-refractivity contribution in [2.24, 2.45) is 5.41 Å². The fraction of sp³-hybridized carbons (Fsp3) is 0.562. The van der Waals surface area contributed by atoms with Gasteiger partial charge in [0.2, 0.25) is 0 Å². The Hall–Kier alpha value is -1.37. The van der Waals surface area contributed by atoms with Gasteiger partial charge in [0, 0.05) is 37.4 Å². The van der Waals surface area contributed by atoms with Gasteiger partial charge in [-0.15, -0.1) is 12.4 Å². The number of amides is 1. The molecule has 8 heteroatoms. The van der Waals surface area contributed by atoms with Crippen LogP contribution in [-0.2, 0) is 0 Å².